The van der Waals surface area contributed by atoms with Crippen molar-refractivity contribution in [2.24, 2.45) is 5.92 Å². The quantitative estimate of drug-likeness (QED) is 0.794. The van der Waals surface area contributed by atoms with Crippen LogP contribution in [-0.2, 0) is 11.2 Å². The van der Waals surface area contributed by atoms with Crippen molar-refractivity contribution < 1.29 is 9.53 Å². The standard InChI is InChI=1S/C22H28N2O2/c25-22(18-26-21-9-5-2-6-10-21)23-17-20-12-15-24(16-13-20)14-11-19-7-3-1-4-8-19/h1-10,20H,11-18H2,(H,23,25). The number of hydrogen-bond donors (Lipinski definition) is 1. The zero-order chi connectivity index (χ0) is 18.0. The van der Waals surface area contributed by atoms with Gasteiger partial charge in [-0.15, -0.1) is 0 Å². The third kappa shape index (κ3) is 6.19. The van der Waals surface area contributed by atoms with Crippen LogP contribution < -0.4 is 10.1 Å². The van der Waals surface area contributed by atoms with Crippen molar-refractivity contribution in [3.63, 3.8) is 0 Å². The molecule has 1 aliphatic heterocycles. The van der Waals surface area contributed by atoms with Crippen molar-refractivity contribution in [2.45, 2.75) is 19.3 Å². The van der Waals surface area contributed by atoms with E-state index < -0.39 is 0 Å². The van der Waals surface area contributed by atoms with Crippen molar-refractivity contribution >= 4 is 5.91 Å². The van der Waals surface area contributed by atoms with E-state index >= 15 is 0 Å². The number of ether oxygens (including phenoxy) is 1. The average Bonchev–Trinajstić information content (AvgIpc) is 2.71. The van der Waals surface area contributed by atoms with E-state index in [0.717, 1.165) is 51.2 Å². The van der Waals surface area contributed by atoms with Crippen LogP contribution in [0.2, 0.25) is 0 Å². The molecule has 26 heavy (non-hydrogen) atoms. The molecule has 1 saturated heterocycles. The molecule has 0 spiro atoms. The number of rotatable bonds is 8. The topological polar surface area (TPSA) is 41.6 Å². The van der Waals surface area contributed by atoms with Crippen LogP contribution in [-0.4, -0.2) is 43.6 Å². The first-order valence-corrected chi connectivity index (χ1v) is 9.50. The third-order valence-electron chi connectivity index (χ3n) is 4.97. The molecule has 0 bridgehead atoms. The lowest BCUT2D eigenvalue weighted by atomic mass is 9.96. The van der Waals surface area contributed by atoms with Gasteiger partial charge < -0.3 is 15.0 Å². The molecule has 0 unspecified atom stereocenters. The molecule has 138 valence electrons. The van der Waals surface area contributed by atoms with E-state index in [1.165, 1.54) is 5.56 Å². The summed E-state index contributed by atoms with van der Waals surface area (Å²) in [5.41, 5.74) is 1.40. The van der Waals surface area contributed by atoms with Crippen LogP contribution in [0.4, 0.5) is 0 Å². The Hall–Kier alpha value is -2.33. The highest BCUT2D eigenvalue weighted by molar-refractivity contribution is 5.77. The summed E-state index contributed by atoms with van der Waals surface area (Å²) in [7, 11) is 0. The zero-order valence-corrected chi connectivity index (χ0v) is 15.3. The van der Waals surface area contributed by atoms with E-state index in [0.29, 0.717) is 5.92 Å². The molecular weight excluding hydrogens is 324 g/mol. The highest BCUT2D eigenvalue weighted by Gasteiger charge is 2.19. The molecule has 2 aromatic carbocycles. The second kappa shape index (κ2) is 9.97. The number of nitrogens with zero attached hydrogens (tertiary/aromatic N) is 1. The van der Waals surface area contributed by atoms with Crippen LogP contribution >= 0.6 is 0 Å². The second-order valence-corrected chi connectivity index (χ2v) is 6.93. The number of benzene rings is 2. The van der Waals surface area contributed by atoms with Crippen molar-refractivity contribution in [2.75, 3.05) is 32.8 Å². The van der Waals surface area contributed by atoms with Crippen LogP contribution in [0.3, 0.4) is 0 Å². The fourth-order valence-corrected chi connectivity index (χ4v) is 3.32. The summed E-state index contributed by atoms with van der Waals surface area (Å²) < 4.78 is 5.48. The van der Waals surface area contributed by atoms with E-state index in [1.54, 1.807) is 0 Å². The second-order valence-electron chi connectivity index (χ2n) is 6.93. The normalized spacial score (nSPS) is 15.5. The molecule has 3 rings (SSSR count). The third-order valence-corrected chi connectivity index (χ3v) is 4.97. The Kier molecular flexibility index (Phi) is 7.08. The Morgan fingerprint density at radius 3 is 2.35 bits per heavy atom. The first kappa shape index (κ1) is 18.5. The molecule has 1 aliphatic rings. The molecule has 0 atom stereocenters. The smallest absolute Gasteiger partial charge is 0.257 e. The summed E-state index contributed by atoms with van der Waals surface area (Å²) in [5, 5.41) is 3.01. The van der Waals surface area contributed by atoms with Gasteiger partial charge in [-0.3, -0.25) is 4.79 Å². The SMILES string of the molecule is O=C(COc1ccccc1)NCC1CCN(CCc2ccccc2)CC1. The highest BCUT2D eigenvalue weighted by Crippen LogP contribution is 2.17. The van der Waals surface area contributed by atoms with Gasteiger partial charge >= 0.3 is 0 Å². The van der Waals surface area contributed by atoms with Crippen molar-refractivity contribution in [3.8, 4) is 5.75 Å². The molecule has 0 saturated carbocycles. The molecule has 1 fully saturated rings. The van der Waals surface area contributed by atoms with Gasteiger partial charge in [0.25, 0.3) is 5.91 Å². The van der Waals surface area contributed by atoms with E-state index in [-0.39, 0.29) is 12.5 Å². The first-order chi connectivity index (χ1) is 12.8. The van der Waals surface area contributed by atoms with Gasteiger partial charge in [0.05, 0.1) is 0 Å². The predicted molar refractivity (Wildman–Crippen MR) is 104 cm³/mol. The van der Waals surface area contributed by atoms with E-state index in [1.807, 2.05) is 30.3 Å². The number of para-hydroxylation sites is 1. The number of carbonyl (C=O) groups excluding carboxylic acids is 1. The molecule has 1 heterocycles. The average molecular weight is 352 g/mol. The molecule has 0 radical (unpaired) electrons. The Morgan fingerprint density at radius 2 is 1.65 bits per heavy atom. The van der Waals surface area contributed by atoms with Crippen molar-refractivity contribution in [3.05, 3.63) is 66.2 Å². The van der Waals surface area contributed by atoms with Gasteiger partial charge in [0.2, 0.25) is 0 Å². The summed E-state index contributed by atoms with van der Waals surface area (Å²) in [4.78, 5) is 14.5. The van der Waals surface area contributed by atoms with Gasteiger partial charge in [-0.2, -0.15) is 0 Å². The van der Waals surface area contributed by atoms with Gasteiger partial charge in [-0.25, -0.2) is 0 Å². The Balaban J connectivity index is 1.28. The van der Waals surface area contributed by atoms with Crippen LogP contribution in [0.1, 0.15) is 18.4 Å². The molecule has 2 aromatic rings. The van der Waals surface area contributed by atoms with Crippen LogP contribution in [0, 0.1) is 5.92 Å². The molecule has 4 heteroatoms. The number of piperidine rings is 1. The van der Waals surface area contributed by atoms with E-state index in [2.05, 4.69) is 40.5 Å². The van der Waals surface area contributed by atoms with Crippen molar-refractivity contribution in [1.82, 2.24) is 10.2 Å². The number of hydrogen-bond acceptors (Lipinski definition) is 3. The minimum atomic E-state index is -0.0413. The Morgan fingerprint density at radius 1 is 1.00 bits per heavy atom. The van der Waals surface area contributed by atoms with Gasteiger partial charge in [-0.05, 0) is 56.0 Å². The molecule has 0 aliphatic carbocycles. The van der Waals surface area contributed by atoms with Gasteiger partial charge in [0.15, 0.2) is 6.61 Å². The maximum atomic E-state index is 11.9. The summed E-state index contributed by atoms with van der Waals surface area (Å²) in [6, 6.07) is 20.1. The lowest BCUT2D eigenvalue weighted by Gasteiger charge is -2.32. The van der Waals surface area contributed by atoms with Crippen LogP contribution in [0.5, 0.6) is 5.75 Å². The number of amides is 1. The summed E-state index contributed by atoms with van der Waals surface area (Å²) in [6.07, 6.45) is 3.41. The maximum absolute atomic E-state index is 11.9. The fraction of sp³-hybridized carbons (Fsp3) is 0.409. The monoisotopic (exact) mass is 352 g/mol. The van der Waals surface area contributed by atoms with Crippen LogP contribution in [0.25, 0.3) is 0 Å². The van der Waals surface area contributed by atoms with Crippen molar-refractivity contribution in [1.29, 1.82) is 0 Å². The van der Waals surface area contributed by atoms with E-state index in [9.17, 15) is 4.79 Å². The molecular formula is C22H28N2O2. The number of likely N-dealkylation sites (tertiary alicyclic amines) is 1. The minimum absolute atomic E-state index is 0.0413. The fourth-order valence-electron chi connectivity index (χ4n) is 3.32. The first-order valence-electron chi connectivity index (χ1n) is 9.50. The molecule has 0 aromatic heterocycles. The lowest BCUT2D eigenvalue weighted by molar-refractivity contribution is -0.123. The van der Waals surface area contributed by atoms with Crippen LogP contribution in [0.15, 0.2) is 60.7 Å². The zero-order valence-electron chi connectivity index (χ0n) is 15.3. The van der Waals surface area contributed by atoms with Gasteiger partial charge in [0, 0.05) is 13.1 Å². The Labute approximate surface area is 156 Å². The summed E-state index contributed by atoms with van der Waals surface area (Å²) in [5.74, 6) is 1.26. The van der Waals surface area contributed by atoms with Gasteiger partial charge in [0.1, 0.15) is 5.75 Å². The molecule has 4 nitrogen and oxygen atoms in total. The largest absolute Gasteiger partial charge is 0.484 e. The lowest BCUT2D eigenvalue weighted by Crippen LogP contribution is -2.40. The summed E-state index contributed by atoms with van der Waals surface area (Å²) >= 11 is 0. The number of carbonyl (C=O) groups is 1. The maximum Gasteiger partial charge on any atom is 0.257 e. The predicted octanol–water partition coefficient (Wildman–Crippen LogP) is 3.14. The minimum Gasteiger partial charge on any atom is -0.484 e. The molecule has 1 N–H and O–H groups in total. The summed E-state index contributed by atoms with van der Waals surface area (Å²) in [6.45, 7) is 4.19. The highest BCUT2D eigenvalue weighted by atomic mass is 16.5. The van der Waals surface area contributed by atoms with E-state index in [4.69, 9.17) is 4.74 Å². The Bertz CT molecular complexity index is 652. The number of nitrogens with one attached hydrogen (secondary N) is 1. The van der Waals surface area contributed by atoms with Gasteiger partial charge in [-0.1, -0.05) is 48.5 Å². The molecule has 1 amide bonds.